The van der Waals surface area contributed by atoms with Crippen LogP contribution in [0.5, 0.6) is 11.5 Å². The first-order valence-electron chi connectivity index (χ1n) is 11.0. The molecule has 0 unspecified atom stereocenters. The second-order valence-electron chi connectivity index (χ2n) is 7.95. The van der Waals surface area contributed by atoms with Gasteiger partial charge in [-0.3, -0.25) is 14.8 Å². The fourth-order valence-electron chi connectivity index (χ4n) is 4.04. The standard InChI is InChI=1S/C23H25N3O9S.ClH/c1-32-18-17-3-2-10-25-21(17)35-19(18)20(27)24-11-14-34-15-4-6-16(7-5-15)36(30,31)23(22(28)26-29)8-12-33-13-9-23;/h2-7,10,29H,8-9,11-14H2,1H3,(H,24,27)(H,26,28);1H. The number of carbonyl (C=O) groups excluding carboxylic acids is 2. The molecule has 4 rings (SSSR count). The highest BCUT2D eigenvalue weighted by Gasteiger charge is 2.52. The topological polar surface area (TPSA) is 166 Å². The van der Waals surface area contributed by atoms with Crippen molar-refractivity contribution in [2.75, 3.05) is 33.5 Å². The smallest absolute Gasteiger partial charge is 0.291 e. The average molecular weight is 556 g/mol. The average Bonchev–Trinajstić information content (AvgIpc) is 3.30. The quantitative estimate of drug-likeness (QED) is 0.201. The third kappa shape index (κ3) is 5.34. The van der Waals surface area contributed by atoms with Crippen molar-refractivity contribution in [2.45, 2.75) is 22.5 Å². The molecule has 12 nitrogen and oxygen atoms in total. The van der Waals surface area contributed by atoms with Crippen LogP contribution >= 0.6 is 12.4 Å². The Kier molecular flexibility index (Phi) is 8.97. The Morgan fingerprint density at radius 3 is 2.51 bits per heavy atom. The van der Waals surface area contributed by atoms with Crippen molar-refractivity contribution in [1.82, 2.24) is 15.8 Å². The summed E-state index contributed by atoms with van der Waals surface area (Å²) in [6, 6.07) is 9.00. The number of halogens is 1. The molecule has 0 radical (unpaired) electrons. The van der Waals surface area contributed by atoms with Crippen LogP contribution in [0.3, 0.4) is 0 Å². The molecule has 200 valence electrons. The van der Waals surface area contributed by atoms with E-state index < -0.39 is 26.4 Å². The maximum absolute atomic E-state index is 13.3. The summed E-state index contributed by atoms with van der Waals surface area (Å²) in [4.78, 5) is 28.8. The number of amides is 2. The monoisotopic (exact) mass is 555 g/mol. The van der Waals surface area contributed by atoms with Gasteiger partial charge in [-0.2, -0.15) is 0 Å². The highest BCUT2D eigenvalue weighted by atomic mass is 35.5. The zero-order chi connectivity index (χ0) is 25.8. The molecule has 1 aromatic carbocycles. The van der Waals surface area contributed by atoms with Gasteiger partial charge in [0.15, 0.2) is 20.3 Å². The van der Waals surface area contributed by atoms with Crippen LogP contribution in [0.25, 0.3) is 11.1 Å². The number of carbonyl (C=O) groups is 2. The largest absolute Gasteiger partial charge is 0.492 e. The van der Waals surface area contributed by atoms with E-state index in [1.807, 2.05) is 0 Å². The number of hydrogen-bond acceptors (Lipinski definition) is 10. The van der Waals surface area contributed by atoms with Crippen LogP contribution in [-0.4, -0.2) is 68.6 Å². The number of fused-ring (bicyclic) bond motifs is 1. The number of benzene rings is 1. The molecule has 1 fully saturated rings. The Bertz CT molecular complexity index is 1350. The molecule has 3 N–H and O–H groups in total. The van der Waals surface area contributed by atoms with Crippen LogP contribution in [0.4, 0.5) is 0 Å². The zero-order valence-corrected chi connectivity index (χ0v) is 21.4. The molecular weight excluding hydrogens is 530 g/mol. The van der Waals surface area contributed by atoms with Gasteiger partial charge in [0.1, 0.15) is 12.4 Å². The predicted octanol–water partition coefficient (Wildman–Crippen LogP) is 1.90. The van der Waals surface area contributed by atoms with Gasteiger partial charge in [-0.05, 0) is 49.2 Å². The maximum Gasteiger partial charge on any atom is 0.291 e. The molecule has 0 saturated carbocycles. The molecule has 1 saturated heterocycles. The molecule has 3 aromatic rings. The van der Waals surface area contributed by atoms with Crippen molar-refractivity contribution in [2.24, 2.45) is 0 Å². The van der Waals surface area contributed by atoms with E-state index in [1.54, 1.807) is 18.3 Å². The van der Waals surface area contributed by atoms with Crippen LogP contribution in [0.2, 0.25) is 0 Å². The number of nitrogens with one attached hydrogen (secondary N) is 2. The first kappa shape index (κ1) is 28.2. The summed E-state index contributed by atoms with van der Waals surface area (Å²) in [6.45, 7) is 0.380. The fourth-order valence-corrected chi connectivity index (χ4v) is 5.98. The highest BCUT2D eigenvalue weighted by Crippen LogP contribution is 2.36. The number of methoxy groups -OCH3 is 1. The lowest BCUT2D eigenvalue weighted by Gasteiger charge is -2.34. The first-order chi connectivity index (χ1) is 17.3. The van der Waals surface area contributed by atoms with E-state index >= 15 is 0 Å². The lowest BCUT2D eigenvalue weighted by molar-refractivity contribution is -0.134. The number of sulfone groups is 1. The molecular formula is C23H26ClN3O9S. The molecule has 14 heteroatoms. The molecule has 37 heavy (non-hydrogen) atoms. The van der Waals surface area contributed by atoms with Gasteiger partial charge in [0.25, 0.3) is 11.8 Å². The van der Waals surface area contributed by atoms with Crippen molar-refractivity contribution < 1.29 is 41.8 Å². The maximum atomic E-state index is 13.3. The summed E-state index contributed by atoms with van der Waals surface area (Å²) in [5.41, 5.74) is 1.76. The number of aromatic nitrogens is 1. The minimum atomic E-state index is -4.13. The Morgan fingerprint density at radius 1 is 1.16 bits per heavy atom. The number of nitrogens with zero attached hydrogens (tertiary/aromatic N) is 1. The molecule has 1 aliphatic heterocycles. The van der Waals surface area contributed by atoms with Gasteiger partial charge in [-0.25, -0.2) is 18.9 Å². The lowest BCUT2D eigenvalue weighted by Crippen LogP contribution is -2.54. The molecule has 0 atom stereocenters. The van der Waals surface area contributed by atoms with Gasteiger partial charge < -0.3 is 23.9 Å². The van der Waals surface area contributed by atoms with Crippen molar-refractivity contribution in [3.8, 4) is 11.5 Å². The number of hydroxylamine groups is 1. The molecule has 0 aliphatic carbocycles. The predicted molar refractivity (Wildman–Crippen MR) is 132 cm³/mol. The summed E-state index contributed by atoms with van der Waals surface area (Å²) in [7, 11) is -2.70. The summed E-state index contributed by atoms with van der Waals surface area (Å²) in [5.74, 6) is -0.848. The number of furan rings is 1. The molecule has 2 aromatic heterocycles. The Hall–Kier alpha value is -3.39. The van der Waals surface area contributed by atoms with Crippen molar-refractivity contribution >= 4 is 45.2 Å². The number of pyridine rings is 1. The molecule has 2 amide bonds. The van der Waals surface area contributed by atoms with Gasteiger partial charge >= 0.3 is 0 Å². The minimum absolute atomic E-state index is 0. The second kappa shape index (κ2) is 11.8. The van der Waals surface area contributed by atoms with E-state index in [2.05, 4.69) is 10.3 Å². The lowest BCUT2D eigenvalue weighted by atomic mass is 9.98. The van der Waals surface area contributed by atoms with Crippen LogP contribution in [0.15, 0.2) is 51.9 Å². The fraction of sp³-hybridized carbons (Fsp3) is 0.348. The third-order valence-electron chi connectivity index (χ3n) is 5.95. The van der Waals surface area contributed by atoms with E-state index in [9.17, 15) is 18.0 Å². The molecule has 0 bridgehead atoms. The Balaban J connectivity index is 0.00000380. The minimum Gasteiger partial charge on any atom is -0.492 e. The van der Waals surface area contributed by atoms with Crippen LogP contribution in [0, 0.1) is 0 Å². The Labute approximate surface area is 218 Å². The van der Waals surface area contributed by atoms with Crippen LogP contribution in [-0.2, 0) is 19.4 Å². The third-order valence-corrected chi connectivity index (χ3v) is 8.47. The Morgan fingerprint density at radius 2 is 1.86 bits per heavy atom. The van der Waals surface area contributed by atoms with E-state index in [0.717, 1.165) is 0 Å². The SMILES string of the molecule is COc1c(C(=O)NCCOc2ccc(S(=O)(=O)C3(C(=O)NO)CCOCC3)cc2)oc2ncccc12.Cl. The number of ether oxygens (including phenoxy) is 3. The number of rotatable bonds is 9. The zero-order valence-electron chi connectivity index (χ0n) is 19.8. The molecule has 0 spiro atoms. The van der Waals surface area contributed by atoms with Crippen molar-refractivity contribution in [1.29, 1.82) is 0 Å². The molecule has 3 heterocycles. The molecule has 1 aliphatic rings. The van der Waals surface area contributed by atoms with Gasteiger partial charge in [0.2, 0.25) is 11.5 Å². The van der Waals surface area contributed by atoms with Gasteiger partial charge in [-0.15, -0.1) is 12.4 Å². The number of hydrogen-bond donors (Lipinski definition) is 3. The van der Waals surface area contributed by atoms with Gasteiger partial charge in [0, 0.05) is 19.4 Å². The summed E-state index contributed by atoms with van der Waals surface area (Å²) >= 11 is 0. The van der Waals surface area contributed by atoms with E-state index in [4.69, 9.17) is 23.8 Å². The van der Waals surface area contributed by atoms with Gasteiger partial charge in [-0.1, -0.05) is 0 Å². The second-order valence-corrected chi connectivity index (χ2v) is 10.2. The van der Waals surface area contributed by atoms with E-state index in [1.165, 1.54) is 36.9 Å². The first-order valence-corrected chi connectivity index (χ1v) is 12.5. The van der Waals surface area contributed by atoms with Crippen LogP contribution in [0.1, 0.15) is 23.4 Å². The highest BCUT2D eigenvalue weighted by molar-refractivity contribution is 7.93. The van der Waals surface area contributed by atoms with E-state index in [-0.39, 0.29) is 73.7 Å². The van der Waals surface area contributed by atoms with E-state index in [0.29, 0.717) is 11.1 Å². The summed E-state index contributed by atoms with van der Waals surface area (Å²) < 4.78 is 46.3. The summed E-state index contributed by atoms with van der Waals surface area (Å²) in [5, 5.41) is 12.4. The van der Waals surface area contributed by atoms with Gasteiger partial charge in [0.05, 0.1) is 23.9 Å². The summed E-state index contributed by atoms with van der Waals surface area (Å²) in [6.07, 6.45) is 1.39. The van der Waals surface area contributed by atoms with Crippen molar-refractivity contribution in [3.63, 3.8) is 0 Å². The van der Waals surface area contributed by atoms with Crippen molar-refractivity contribution in [3.05, 3.63) is 48.4 Å². The normalized spacial score (nSPS) is 14.9. The van der Waals surface area contributed by atoms with Crippen LogP contribution < -0.4 is 20.3 Å².